The average molecular weight is 185 g/mol. The van der Waals surface area contributed by atoms with Crippen molar-refractivity contribution in [2.45, 2.75) is 38.6 Å². The molecule has 1 saturated heterocycles. The normalized spacial score (nSPS) is 19.2. The van der Waals surface area contributed by atoms with E-state index in [2.05, 4.69) is 0 Å². The second-order valence-electron chi connectivity index (χ2n) is 3.35. The zero-order valence-corrected chi connectivity index (χ0v) is 7.82. The van der Waals surface area contributed by atoms with Gasteiger partial charge in [0.05, 0.1) is 6.42 Å². The topological polar surface area (TPSA) is 57.6 Å². The highest BCUT2D eigenvalue weighted by atomic mass is 16.4. The second kappa shape index (κ2) is 4.25. The Hall–Kier alpha value is -1.06. The fourth-order valence-corrected chi connectivity index (χ4v) is 1.73. The fourth-order valence-electron chi connectivity index (χ4n) is 1.73. The molecule has 0 saturated carbocycles. The van der Waals surface area contributed by atoms with E-state index >= 15 is 0 Å². The molecule has 1 unspecified atom stereocenters. The SMILES string of the molecule is CCC(CC(=O)O)N1CCCC1=O. The Bertz CT molecular complexity index is 215. The number of carbonyl (C=O) groups is 2. The molecule has 1 aliphatic rings. The molecule has 74 valence electrons. The molecule has 1 fully saturated rings. The predicted octanol–water partition coefficient (Wildman–Crippen LogP) is 0.862. The Balaban J connectivity index is 2.54. The van der Waals surface area contributed by atoms with Crippen LogP contribution in [0, 0.1) is 0 Å². The maximum absolute atomic E-state index is 11.3. The minimum Gasteiger partial charge on any atom is -0.481 e. The minimum atomic E-state index is -0.827. The van der Waals surface area contributed by atoms with Crippen LogP contribution in [0.5, 0.6) is 0 Å². The van der Waals surface area contributed by atoms with Crippen LogP contribution in [-0.2, 0) is 9.59 Å². The Labute approximate surface area is 77.5 Å². The maximum atomic E-state index is 11.3. The van der Waals surface area contributed by atoms with E-state index in [1.807, 2.05) is 6.92 Å². The zero-order valence-electron chi connectivity index (χ0n) is 7.82. The van der Waals surface area contributed by atoms with Crippen LogP contribution >= 0.6 is 0 Å². The van der Waals surface area contributed by atoms with Gasteiger partial charge in [-0.05, 0) is 12.8 Å². The summed E-state index contributed by atoms with van der Waals surface area (Å²) in [6, 6.07) is -0.104. The second-order valence-corrected chi connectivity index (χ2v) is 3.35. The van der Waals surface area contributed by atoms with E-state index in [1.54, 1.807) is 4.90 Å². The van der Waals surface area contributed by atoms with Crippen molar-refractivity contribution in [3.05, 3.63) is 0 Å². The van der Waals surface area contributed by atoms with Crippen molar-refractivity contribution in [2.24, 2.45) is 0 Å². The molecule has 1 aliphatic heterocycles. The lowest BCUT2D eigenvalue weighted by atomic mass is 10.1. The lowest BCUT2D eigenvalue weighted by molar-refractivity contribution is -0.139. The van der Waals surface area contributed by atoms with Crippen LogP contribution in [0.1, 0.15) is 32.6 Å². The van der Waals surface area contributed by atoms with E-state index in [9.17, 15) is 9.59 Å². The van der Waals surface area contributed by atoms with Gasteiger partial charge in [-0.1, -0.05) is 6.92 Å². The molecule has 4 nitrogen and oxygen atoms in total. The van der Waals surface area contributed by atoms with Crippen molar-refractivity contribution in [1.29, 1.82) is 0 Å². The maximum Gasteiger partial charge on any atom is 0.305 e. The first-order valence-electron chi connectivity index (χ1n) is 4.66. The summed E-state index contributed by atoms with van der Waals surface area (Å²) in [5.41, 5.74) is 0. The summed E-state index contributed by atoms with van der Waals surface area (Å²) < 4.78 is 0. The van der Waals surface area contributed by atoms with Crippen LogP contribution in [-0.4, -0.2) is 34.5 Å². The molecule has 0 spiro atoms. The smallest absolute Gasteiger partial charge is 0.305 e. The Morgan fingerprint density at radius 2 is 2.38 bits per heavy atom. The highest BCUT2D eigenvalue weighted by molar-refractivity contribution is 5.79. The van der Waals surface area contributed by atoms with Crippen molar-refractivity contribution in [3.63, 3.8) is 0 Å². The van der Waals surface area contributed by atoms with Gasteiger partial charge < -0.3 is 10.0 Å². The van der Waals surface area contributed by atoms with Gasteiger partial charge in [0, 0.05) is 19.0 Å². The monoisotopic (exact) mass is 185 g/mol. The summed E-state index contributed by atoms with van der Waals surface area (Å²) >= 11 is 0. The molecule has 0 aromatic heterocycles. The number of carboxylic acid groups (broad SMARTS) is 1. The third-order valence-electron chi connectivity index (χ3n) is 2.43. The lowest BCUT2D eigenvalue weighted by Crippen LogP contribution is -2.37. The number of hydrogen-bond acceptors (Lipinski definition) is 2. The lowest BCUT2D eigenvalue weighted by Gasteiger charge is -2.25. The predicted molar refractivity (Wildman–Crippen MR) is 47.3 cm³/mol. The summed E-state index contributed by atoms with van der Waals surface area (Å²) in [6.45, 7) is 2.64. The summed E-state index contributed by atoms with van der Waals surface area (Å²) in [5, 5.41) is 8.62. The molecule has 1 amide bonds. The van der Waals surface area contributed by atoms with Crippen LogP contribution in [0.2, 0.25) is 0 Å². The number of rotatable bonds is 4. The highest BCUT2D eigenvalue weighted by Gasteiger charge is 2.27. The van der Waals surface area contributed by atoms with Gasteiger partial charge >= 0.3 is 5.97 Å². The molecule has 4 heteroatoms. The van der Waals surface area contributed by atoms with Crippen LogP contribution < -0.4 is 0 Å². The molecular formula is C9H15NO3. The molecule has 1 rings (SSSR count). The molecule has 0 bridgehead atoms. The summed E-state index contributed by atoms with van der Waals surface area (Å²) in [7, 11) is 0. The van der Waals surface area contributed by atoms with Gasteiger partial charge in [-0.15, -0.1) is 0 Å². The fraction of sp³-hybridized carbons (Fsp3) is 0.778. The number of likely N-dealkylation sites (tertiary alicyclic amines) is 1. The first-order chi connectivity index (χ1) is 6.15. The average Bonchev–Trinajstić information content (AvgIpc) is 2.47. The quantitative estimate of drug-likeness (QED) is 0.706. The standard InChI is InChI=1S/C9H15NO3/c1-2-7(6-9(12)13)10-5-3-4-8(10)11/h7H,2-6H2,1H3,(H,12,13). The number of aliphatic carboxylic acids is 1. The van der Waals surface area contributed by atoms with Crippen LogP contribution in [0.15, 0.2) is 0 Å². The number of carboxylic acids is 1. The largest absolute Gasteiger partial charge is 0.481 e. The van der Waals surface area contributed by atoms with Gasteiger partial charge in [0.1, 0.15) is 0 Å². The van der Waals surface area contributed by atoms with Gasteiger partial charge in [-0.25, -0.2) is 0 Å². The van der Waals surface area contributed by atoms with Crippen molar-refractivity contribution in [3.8, 4) is 0 Å². The zero-order chi connectivity index (χ0) is 9.84. The Morgan fingerprint density at radius 3 is 2.77 bits per heavy atom. The number of hydrogen-bond donors (Lipinski definition) is 1. The van der Waals surface area contributed by atoms with Crippen molar-refractivity contribution in [2.75, 3.05) is 6.54 Å². The van der Waals surface area contributed by atoms with E-state index in [0.717, 1.165) is 19.4 Å². The van der Waals surface area contributed by atoms with E-state index in [1.165, 1.54) is 0 Å². The van der Waals surface area contributed by atoms with E-state index in [-0.39, 0.29) is 18.4 Å². The first kappa shape index (κ1) is 10.0. The summed E-state index contributed by atoms with van der Waals surface area (Å²) in [5.74, 6) is -0.723. The first-order valence-corrected chi connectivity index (χ1v) is 4.66. The molecular weight excluding hydrogens is 170 g/mol. The molecule has 1 atom stereocenters. The van der Waals surface area contributed by atoms with Crippen LogP contribution in [0.25, 0.3) is 0 Å². The third kappa shape index (κ3) is 2.44. The van der Waals surface area contributed by atoms with Crippen molar-refractivity contribution in [1.82, 2.24) is 4.90 Å². The summed E-state index contributed by atoms with van der Waals surface area (Å²) in [4.78, 5) is 23.5. The highest BCUT2D eigenvalue weighted by Crippen LogP contribution is 2.17. The van der Waals surface area contributed by atoms with Crippen molar-refractivity contribution < 1.29 is 14.7 Å². The molecule has 0 aromatic rings. The van der Waals surface area contributed by atoms with E-state index in [4.69, 9.17) is 5.11 Å². The Kier molecular flexibility index (Phi) is 3.28. The molecule has 0 radical (unpaired) electrons. The number of carbonyl (C=O) groups excluding carboxylic acids is 1. The van der Waals surface area contributed by atoms with Gasteiger partial charge in [-0.2, -0.15) is 0 Å². The van der Waals surface area contributed by atoms with Gasteiger partial charge in [0.15, 0.2) is 0 Å². The van der Waals surface area contributed by atoms with E-state index in [0.29, 0.717) is 6.42 Å². The molecule has 0 aliphatic carbocycles. The van der Waals surface area contributed by atoms with Gasteiger partial charge in [-0.3, -0.25) is 9.59 Å². The van der Waals surface area contributed by atoms with Gasteiger partial charge in [0.25, 0.3) is 0 Å². The number of amides is 1. The van der Waals surface area contributed by atoms with Crippen LogP contribution in [0.4, 0.5) is 0 Å². The van der Waals surface area contributed by atoms with Gasteiger partial charge in [0.2, 0.25) is 5.91 Å². The minimum absolute atomic E-state index is 0.0717. The molecule has 1 N–H and O–H groups in total. The Morgan fingerprint density at radius 1 is 1.69 bits per heavy atom. The molecule has 0 aromatic carbocycles. The molecule has 13 heavy (non-hydrogen) atoms. The summed E-state index contributed by atoms with van der Waals surface area (Å²) in [6.07, 6.45) is 2.24. The van der Waals surface area contributed by atoms with Crippen LogP contribution in [0.3, 0.4) is 0 Å². The van der Waals surface area contributed by atoms with E-state index < -0.39 is 5.97 Å². The van der Waals surface area contributed by atoms with Crippen molar-refractivity contribution >= 4 is 11.9 Å². The molecule has 1 heterocycles. The third-order valence-corrected chi connectivity index (χ3v) is 2.43. The number of nitrogens with zero attached hydrogens (tertiary/aromatic N) is 1.